The molecular weight excluding hydrogens is 516 g/mol. The zero-order valence-corrected chi connectivity index (χ0v) is 22.6. The van der Waals surface area contributed by atoms with E-state index in [0.29, 0.717) is 35.0 Å². The fourth-order valence-electron chi connectivity index (χ4n) is 4.73. The standard InChI is InChI=1S/C25H31ClN6O4S/c1-31(2)25(36)14-7-8-17(28-22(34)21(33)27-16-6-4-5-15(26)12-16)19(11-14)29-23(35)24-30-18-9-10-32(3)13-20(18)37-24/h4-6,12,14,17,19H,7-11,13H2,1-3H3,(H,27,33)(H,28,34)(H,29,35)/t14-,17-,19+/m0/s1. The van der Waals surface area contributed by atoms with Gasteiger partial charge in [0, 0.05) is 61.2 Å². The Balaban J connectivity index is 1.46. The van der Waals surface area contributed by atoms with Crippen molar-refractivity contribution in [2.24, 2.45) is 5.92 Å². The van der Waals surface area contributed by atoms with Crippen molar-refractivity contribution in [1.29, 1.82) is 0 Å². The summed E-state index contributed by atoms with van der Waals surface area (Å²) < 4.78 is 0. The number of benzene rings is 1. The largest absolute Gasteiger partial charge is 0.349 e. The maximum atomic E-state index is 13.2. The molecule has 12 heteroatoms. The van der Waals surface area contributed by atoms with Crippen LogP contribution in [0.4, 0.5) is 5.69 Å². The molecule has 0 saturated heterocycles. The third-order valence-corrected chi connectivity index (χ3v) is 7.99. The molecule has 1 aliphatic carbocycles. The van der Waals surface area contributed by atoms with Crippen LogP contribution in [-0.4, -0.2) is 78.2 Å². The molecule has 1 saturated carbocycles. The highest BCUT2D eigenvalue weighted by Gasteiger charge is 2.37. The van der Waals surface area contributed by atoms with E-state index in [0.717, 1.165) is 30.1 Å². The summed E-state index contributed by atoms with van der Waals surface area (Å²) in [6.45, 7) is 1.64. The molecule has 2 aliphatic rings. The monoisotopic (exact) mass is 546 g/mol. The molecule has 0 bridgehead atoms. The van der Waals surface area contributed by atoms with E-state index >= 15 is 0 Å². The molecule has 37 heavy (non-hydrogen) atoms. The first-order valence-electron chi connectivity index (χ1n) is 12.2. The molecule has 1 aliphatic heterocycles. The number of anilines is 1. The summed E-state index contributed by atoms with van der Waals surface area (Å²) in [7, 11) is 5.42. The molecule has 1 aromatic heterocycles. The number of nitrogens with one attached hydrogen (secondary N) is 3. The minimum Gasteiger partial charge on any atom is -0.349 e. The number of fused-ring (bicyclic) bond motifs is 1. The highest BCUT2D eigenvalue weighted by molar-refractivity contribution is 7.13. The van der Waals surface area contributed by atoms with Gasteiger partial charge in [-0.3, -0.25) is 19.2 Å². The van der Waals surface area contributed by atoms with Crippen molar-refractivity contribution in [3.63, 3.8) is 0 Å². The van der Waals surface area contributed by atoms with Crippen molar-refractivity contribution in [3.8, 4) is 0 Å². The summed E-state index contributed by atoms with van der Waals surface area (Å²) in [5.41, 5.74) is 1.34. The van der Waals surface area contributed by atoms with Gasteiger partial charge in [-0.25, -0.2) is 4.98 Å². The van der Waals surface area contributed by atoms with Gasteiger partial charge < -0.3 is 25.8 Å². The van der Waals surface area contributed by atoms with E-state index in [9.17, 15) is 19.2 Å². The molecule has 0 radical (unpaired) electrons. The van der Waals surface area contributed by atoms with Crippen LogP contribution < -0.4 is 16.0 Å². The van der Waals surface area contributed by atoms with Crippen LogP contribution in [0.1, 0.15) is 39.6 Å². The predicted octanol–water partition coefficient (Wildman–Crippen LogP) is 1.89. The maximum Gasteiger partial charge on any atom is 0.313 e. The maximum absolute atomic E-state index is 13.2. The fourth-order valence-corrected chi connectivity index (χ4v) is 6.01. The second-order valence-electron chi connectivity index (χ2n) is 9.74. The summed E-state index contributed by atoms with van der Waals surface area (Å²) in [6, 6.07) is 5.44. The lowest BCUT2D eigenvalue weighted by molar-refractivity contribution is -0.137. The van der Waals surface area contributed by atoms with Gasteiger partial charge in [-0.1, -0.05) is 17.7 Å². The molecule has 10 nitrogen and oxygen atoms in total. The van der Waals surface area contributed by atoms with Crippen LogP contribution in [0.5, 0.6) is 0 Å². The summed E-state index contributed by atoms with van der Waals surface area (Å²) in [5.74, 6) is -2.33. The summed E-state index contributed by atoms with van der Waals surface area (Å²) in [4.78, 5) is 60.4. The van der Waals surface area contributed by atoms with Crippen LogP contribution in [0.3, 0.4) is 0 Å². The van der Waals surface area contributed by atoms with Crippen molar-refractivity contribution in [1.82, 2.24) is 25.4 Å². The zero-order chi connectivity index (χ0) is 26.7. The molecule has 2 aromatic rings. The molecule has 3 atom stereocenters. The lowest BCUT2D eigenvalue weighted by atomic mass is 9.81. The lowest BCUT2D eigenvalue weighted by Gasteiger charge is -2.37. The van der Waals surface area contributed by atoms with E-state index in [-0.39, 0.29) is 17.7 Å². The Labute approximate surface area is 224 Å². The second kappa shape index (κ2) is 11.6. The third-order valence-electron chi connectivity index (χ3n) is 6.68. The minimum atomic E-state index is -0.837. The van der Waals surface area contributed by atoms with Gasteiger partial charge in [0.25, 0.3) is 5.91 Å². The van der Waals surface area contributed by atoms with Crippen molar-refractivity contribution in [3.05, 3.63) is 44.9 Å². The van der Waals surface area contributed by atoms with Gasteiger partial charge in [-0.15, -0.1) is 11.3 Å². The average Bonchev–Trinajstić information content (AvgIpc) is 3.28. The topological polar surface area (TPSA) is 124 Å². The van der Waals surface area contributed by atoms with Crippen molar-refractivity contribution >= 4 is 52.3 Å². The molecule has 1 aromatic carbocycles. The predicted molar refractivity (Wildman–Crippen MR) is 141 cm³/mol. The van der Waals surface area contributed by atoms with Gasteiger partial charge in [0.1, 0.15) is 0 Å². The number of carbonyl (C=O) groups excluding carboxylic acids is 4. The van der Waals surface area contributed by atoms with Crippen LogP contribution in [-0.2, 0) is 27.3 Å². The number of hydrogen-bond acceptors (Lipinski definition) is 7. The summed E-state index contributed by atoms with van der Waals surface area (Å²) in [6.07, 6.45) is 2.10. The second-order valence-corrected chi connectivity index (χ2v) is 11.3. The van der Waals surface area contributed by atoms with Crippen LogP contribution in [0, 0.1) is 5.92 Å². The zero-order valence-electron chi connectivity index (χ0n) is 21.0. The molecule has 0 spiro atoms. The first kappa shape index (κ1) is 27.0. The number of aromatic nitrogens is 1. The van der Waals surface area contributed by atoms with Gasteiger partial charge in [0.15, 0.2) is 5.01 Å². The first-order valence-corrected chi connectivity index (χ1v) is 13.4. The van der Waals surface area contributed by atoms with Crippen LogP contribution >= 0.6 is 22.9 Å². The summed E-state index contributed by atoms with van der Waals surface area (Å²) >= 11 is 7.32. The van der Waals surface area contributed by atoms with Crippen molar-refractivity contribution in [2.45, 2.75) is 44.3 Å². The molecule has 3 N–H and O–H groups in total. The average molecular weight is 547 g/mol. The molecule has 2 heterocycles. The number of rotatable bonds is 5. The molecule has 198 valence electrons. The Morgan fingerprint density at radius 3 is 2.62 bits per heavy atom. The van der Waals surface area contributed by atoms with E-state index in [1.54, 1.807) is 38.4 Å². The Bertz CT molecular complexity index is 1200. The number of carbonyl (C=O) groups is 4. The molecule has 4 rings (SSSR count). The first-order chi connectivity index (χ1) is 17.6. The smallest absolute Gasteiger partial charge is 0.313 e. The van der Waals surface area contributed by atoms with Crippen LogP contribution in [0.2, 0.25) is 5.02 Å². The van der Waals surface area contributed by atoms with E-state index < -0.39 is 23.9 Å². The number of likely N-dealkylation sites (N-methyl/N-ethyl adjacent to an activating group) is 1. The number of thiazole rings is 1. The molecule has 1 fully saturated rings. The number of amides is 4. The van der Waals surface area contributed by atoms with E-state index in [1.807, 2.05) is 7.05 Å². The third kappa shape index (κ3) is 6.65. The number of nitrogens with zero attached hydrogens (tertiary/aromatic N) is 3. The Hall–Kier alpha value is -3.02. The highest BCUT2D eigenvalue weighted by Crippen LogP contribution is 2.28. The Kier molecular flexibility index (Phi) is 8.46. The van der Waals surface area contributed by atoms with Crippen molar-refractivity contribution in [2.75, 3.05) is 33.0 Å². The fraction of sp³-hybridized carbons (Fsp3) is 0.480. The van der Waals surface area contributed by atoms with Gasteiger partial charge >= 0.3 is 11.8 Å². The van der Waals surface area contributed by atoms with E-state index in [2.05, 4.69) is 25.8 Å². The number of hydrogen-bond donors (Lipinski definition) is 3. The van der Waals surface area contributed by atoms with Gasteiger partial charge in [0.2, 0.25) is 5.91 Å². The highest BCUT2D eigenvalue weighted by atomic mass is 35.5. The summed E-state index contributed by atoms with van der Waals surface area (Å²) in [5, 5.41) is 9.08. The van der Waals surface area contributed by atoms with Crippen LogP contribution in [0.25, 0.3) is 0 Å². The van der Waals surface area contributed by atoms with Crippen LogP contribution in [0.15, 0.2) is 24.3 Å². The normalized spacial score (nSPS) is 21.5. The molecular formula is C25H31ClN6O4S. The van der Waals surface area contributed by atoms with Gasteiger partial charge in [-0.2, -0.15) is 0 Å². The molecule has 0 unspecified atom stereocenters. The SMILES string of the molecule is CN1CCc2nc(C(=O)N[C@@H]3C[C@@H](C(=O)N(C)C)CC[C@@H]3NC(=O)C(=O)Nc3cccc(Cl)c3)sc2C1. The quantitative estimate of drug-likeness (QED) is 0.492. The Morgan fingerprint density at radius 2 is 1.89 bits per heavy atom. The van der Waals surface area contributed by atoms with Gasteiger partial charge in [-0.05, 0) is 44.5 Å². The Morgan fingerprint density at radius 1 is 1.11 bits per heavy atom. The molecule has 4 amide bonds. The van der Waals surface area contributed by atoms with Gasteiger partial charge in [0.05, 0.1) is 11.7 Å². The minimum absolute atomic E-state index is 0.0320. The van der Waals surface area contributed by atoms with Crippen molar-refractivity contribution < 1.29 is 19.2 Å². The van der Waals surface area contributed by atoms with E-state index in [1.165, 1.54) is 16.2 Å². The van der Waals surface area contributed by atoms with E-state index in [4.69, 9.17) is 11.6 Å². The number of halogens is 1. The lowest BCUT2D eigenvalue weighted by Crippen LogP contribution is -2.57.